The van der Waals surface area contributed by atoms with Crippen molar-refractivity contribution < 1.29 is 9.53 Å². The van der Waals surface area contributed by atoms with Gasteiger partial charge in [0.15, 0.2) is 0 Å². The molecule has 1 atom stereocenters. The molecule has 0 N–H and O–H groups in total. The van der Waals surface area contributed by atoms with Crippen molar-refractivity contribution in [3.8, 4) is 0 Å². The number of ether oxygens (including phenoxy) is 1. The maximum Gasteiger partial charge on any atom is 0.268 e. The van der Waals surface area contributed by atoms with E-state index in [1.807, 2.05) is 7.05 Å². The molecule has 8 heteroatoms. The Balaban J connectivity index is 1.33. The molecule has 0 spiro atoms. The van der Waals surface area contributed by atoms with Gasteiger partial charge < -0.3 is 19.4 Å². The quantitative estimate of drug-likeness (QED) is 0.734. The molecular weight excluding hydrogens is 382 g/mol. The second kappa shape index (κ2) is 8.87. The number of amides is 1. The normalized spacial score (nSPS) is 19.2. The van der Waals surface area contributed by atoms with Crippen molar-refractivity contribution in [3.05, 3.63) is 52.4 Å². The molecule has 0 saturated carbocycles. The average molecular weight is 412 g/mol. The van der Waals surface area contributed by atoms with Gasteiger partial charge in [0.1, 0.15) is 0 Å². The number of hydrogen-bond donors (Lipinski definition) is 0. The van der Waals surface area contributed by atoms with Gasteiger partial charge in [0, 0.05) is 58.6 Å². The third kappa shape index (κ3) is 4.48. The summed E-state index contributed by atoms with van der Waals surface area (Å²) in [6.45, 7) is 5.33. The molecule has 4 rings (SSSR count). The molecule has 30 heavy (non-hydrogen) atoms. The monoisotopic (exact) mass is 411 g/mol. The van der Waals surface area contributed by atoms with E-state index in [-0.39, 0.29) is 17.4 Å². The minimum atomic E-state index is -0.139. The number of nitrogens with zero attached hydrogens (tertiary/aromatic N) is 5. The van der Waals surface area contributed by atoms with Crippen LogP contribution < -0.4 is 15.4 Å². The Bertz CT molecular complexity index is 937. The topological polar surface area (TPSA) is 70.9 Å². The van der Waals surface area contributed by atoms with Crippen molar-refractivity contribution in [1.82, 2.24) is 14.7 Å². The maximum atomic E-state index is 13.0. The Morgan fingerprint density at radius 3 is 2.57 bits per heavy atom. The molecule has 160 valence electrons. The fraction of sp³-hybridized carbons (Fsp3) is 0.500. The zero-order chi connectivity index (χ0) is 21.1. The number of carbonyl (C=O) groups excluding carboxylic acids is 1. The largest absolute Gasteiger partial charge is 0.378 e. The standard InChI is InChI=1S/C22H29N5O3/c1-24(15-17-3-5-19(6-4-17)26-9-11-30-12-10-26)22(29)18-7-8-27(16-18)20-13-21(28)25(2)23-14-20/h3-6,13-14,18H,7-12,15-16H2,1-2H3. The minimum Gasteiger partial charge on any atom is -0.378 e. The van der Waals surface area contributed by atoms with E-state index in [9.17, 15) is 9.59 Å². The van der Waals surface area contributed by atoms with Crippen LogP contribution in [0.4, 0.5) is 11.4 Å². The van der Waals surface area contributed by atoms with Gasteiger partial charge in [-0.05, 0) is 24.1 Å². The molecule has 2 fully saturated rings. The summed E-state index contributed by atoms with van der Waals surface area (Å²) in [6.07, 6.45) is 2.47. The third-order valence-electron chi connectivity index (χ3n) is 5.96. The molecule has 8 nitrogen and oxygen atoms in total. The molecular formula is C22H29N5O3. The van der Waals surface area contributed by atoms with Crippen LogP contribution in [-0.2, 0) is 23.1 Å². The van der Waals surface area contributed by atoms with Crippen LogP contribution in [0.25, 0.3) is 0 Å². The highest BCUT2D eigenvalue weighted by molar-refractivity contribution is 5.80. The number of anilines is 2. The lowest BCUT2D eigenvalue weighted by molar-refractivity contribution is -0.134. The number of aryl methyl sites for hydroxylation is 1. The zero-order valence-electron chi connectivity index (χ0n) is 17.7. The first-order chi connectivity index (χ1) is 14.5. The Morgan fingerprint density at radius 1 is 1.13 bits per heavy atom. The summed E-state index contributed by atoms with van der Waals surface area (Å²) in [5.74, 6) is 0.0817. The molecule has 2 aromatic rings. The smallest absolute Gasteiger partial charge is 0.268 e. The van der Waals surface area contributed by atoms with Crippen molar-refractivity contribution in [2.24, 2.45) is 13.0 Å². The van der Waals surface area contributed by atoms with Gasteiger partial charge in [-0.2, -0.15) is 5.10 Å². The fourth-order valence-electron chi connectivity index (χ4n) is 4.13. The maximum absolute atomic E-state index is 13.0. The summed E-state index contributed by atoms with van der Waals surface area (Å²) in [5.41, 5.74) is 2.97. The van der Waals surface area contributed by atoms with Gasteiger partial charge in [-0.25, -0.2) is 4.68 Å². The van der Waals surface area contributed by atoms with Crippen molar-refractivity contribution >= 4 is 17.3 Å². The summed E-state index contributed by atoms with van der Waals surface area (Å²) in [4.78, 5) is 31.0. The number of hydrogen-bond acceptors (Lipinski definition) is 6. The molecule has 2 aliphatic rings. The Labute approximate surface area is 176 Å². The molecule has 1 aromatic carbocycles. The molecule has 1 aromatic heterocycles. The van der Waals surface area contributed by atoms with Crippen LogP contribution >= 0.6 is 0 Å². The number of rotatable bonds is 5. The summed E-state index contributed by atoms with van der Waals surface area (Å²) in [7, 11) is 3.49. The second-order valence-corrected chi connectivity index (χ2v) is 8.07. The highest BCUT2D eigenvalue weighted by Gasteiger charge is 2.30. The third-order valence-corrected chi connectivity index (χ3v) is 5.96. The van der Waals surface area contributed by atoms with Crippen LogP contribution in [0.15, 0.2) is 41.3 Å². The van der Waals surface area contributed by atoms with E-state index in [1.54, 1.807) is 24.2 Å². The Morgan fingerprint density at radius 2 is 1.87 bits per heavy atom. The van der Waals surface area contributed by atoms with E-state index < -0.39 is 0 Å². The van der Waals surface area contributed by atoms with Gasteiger partial charge in [0.05, 0.1) is 31.0 Å². The van der Waals surface area contributed by atoms with E-state index >= 15 is 0 Å². The molecule has 0 bridgehead atoms. The van der Waals surface area contributed by atoms with Gasteiger partial charge in [-0.15, -0.1) is 0 Å². The van der Waals surface area contributed by atoms with E-state index in [2.05, 4.69) is 39.2 Å². The lowest BCUT2D eigenvalue weighted by atomic mass is 10.1. The van der Waals surface area contributed by atoms with Crippen molar-refractivity contribution in [3.63, 3.8) is 0 Å². The average Bonchev–Trinajstić information content (AvgIpc) is 3.26. The summed E-state index contributed by atoms with van der Waals surface area (Å²) in [5, 5.41) is 4.08. The van der Waals surface area contributed by atoms with Crippen LogP contribution in [0.3, 0.4) is 0 Å². The van der Waals surface area contributed by atoms with Gasteiger partial charge in [0.25, 0.3) is 5.56 Å². The first-order valence-corrected chi connectivity index (χ1v) is 10.5. The molecule has 1 amide bonds. The second-order valence-electron chi connectivity index (χ2n) is 8.07. The van der Waals surface area contributed by atoms with E-state index in [1.165, 1.54) is 10.4 Å². The van der Waals surface area contributed by atoms with E-state index in [4.69, 9.17) is 4.74 Å². The van der Waals surface area contributed by atoms with E-state index in [0.717, 1.165) is 50.5 Å². The highest BCUT2D eigenvalue weighted by Crippen LogP contribution is 2.24. The lowest BCUT2D eigenvalue weighted by Crippen LogP contribution is -2.36. The van der Waals surface area contributed by atoms with Crippen LogP contribution in [-0.4, -0.2) is 67.0 Å². The first kappa shape index (κ1) is 20.4. The molecule has 2 saturated heterocycles. The van der Waals surface area contributed by atoms with Gasteiger partial charge in [-0.1, -0.05) is 12.1 Å². The predicted molar refractivity (Wildman–Crippen MR) is 116 cm³/mol. The molecule has 0 aliphatic carbocycles. The van der Waals surface area contributed by atoms with Crippen LogP contribution in [0, 0.1) is 5.92 Å². The first-order valence-electron chi connectivity index (χ1n) is 10.5. The minimum absolute atomic E-state index is 0.0633. The van der Waals surface area contributed by atoms with Gasteiger partial charge in [0.2, 0.25) is 5.91 Å². The van der Waals surface area contributed by atoms with E-state index in [0.29, 0.717) is 13.1 Å². The van der Waals surface area contributed by atoms with Gasteiger partial charge >= 0.3 is 0 Å². The van der Waals surface area contributed by atoms with Gasteiger partial charge in [-0.3, -0.25) is 9.59 Å². The van der Waals surface area contributed by atoms with Crippen LogP contribution in [0.5, 0.6) is 0 Å². The zero-order valence-corrected chi connectivity index (χ0v) is 17.7. The predicted octanol–water partition coefficient (Wildman–Crippen LogP) is 1.10. The highest BCUT2D eigenvalue weighted by atomic mass is 16.5. The molecule has 1 unspecified atom stereocenters. The fourth-order valence-corrected chi connectivity index (χ4v) is 4.13. The lowest BCUT2D eigenvalue weighted by Gasteiger charge is -2.29. The van der Waals surface area contributed by atoms with Crippen LogP contribution in [0.1, 0.15) is 12.0 Å². The Kier molecular flexibility index (Phi) is 6.03. The number of carbonyl (C=O) groups is 1. The SMILES string of the molecule is CN(Cc1ccc(N2CCOCC2)cc1)C(=O)C1CCN(c2cnn(C)c(=O)c2)C1. The summed E-state index contributed by atoms with van der Waals surface area (Å²) >= 11 is 0. The summed E-state index contributed by atoms with van der Waals surface area (Å²) in [6, 6.07) is 10.0. The Hall–Kier alpha value is -2.87. The molecule has 2 aliphatic heterocycles. The van der Waals surface area contributed by atoms with Crippen molar-refractivity contribution in [2.45, 2.75) is 13.0 Å². The summed E-state index contributed by atoms with van der Waals surface area (Å²) < 4.78 is 6.72. The van der Waals surface area contributed by atoms with Crippen LogP contribution in [0.2, 0.25) is 0 Å². The number of morpholine rings is 1. The van der Waals surface area contributed by atoms with Crippen molar-refractivity contribution in [2.75, 3.05) is 56.2 Å². The number of benzene rings is 1. The molecule has 0 radical (unpaired) electrons. The van der Waals surface area contributed by atoms with Crippen molar-refractivity contribution in [1.29, 1.82) is 0 Å². The number of aromatic nitrogens is 2. The molecule has 3 heterocycles.